The molecule has 0 aliphatic carbocycles. The summed E-state index contributed by atoms with van der Waals surface area (Å²) in [7, 11) is 1.66. The molecule has 5 heteroatoms. The highest BCUT2D eigenvalue weighted by Crippen LogP contribution is 2.17. The van der Waals surface area contributed by atoms with Gasteiger partial charge in [0.05, 0.1) is 22.2 Å². The van der Waals surface area contributed by atoms with E-state index in [0.29, 0.717) is 6.61 Å². The van der Waals surface area contributed by atoms with Crippen LogP contribution in [-0.2, 0) is 11.2 Å². The summed E-state index contributed by atoms with van der Waals surface area (Å²) >= 11 is 1.47. The number of hydrogen-bond acceptors (Lipinski definition) is 4. The summed E-state index contributed by atoms with van der Waals surface area (Å²) in [4.78, 5) is 5.06. The lowest BCUT2D eigenvalue weighted by atomic mass is 10.4. The van der Waals surface area contributed by atoms with Crippen molar-refractivity contribution in [2.45, 2.75) is 13.3 Å². The van der Waals surface area contributed by atoms with E-state index < -0.39 is 0 Å². The molecule has 1 rings (SSSR count). The first kappa shape index (κ1) is 10.1. The van der Waals surface area contributed by atoms with Gasteiger partial charge in [-0.05, 0) is 6.92 Å². The minimum atomic E-state index is 0.0960. The van der Waals surface area contributed by atoms with Crippen LogP contribution < -0.4 is 5.73 Å². The molecule has 0 aliphatic rings. The maximum absolute atomic E-state index is 7.28. The van der Waals surface area contributed by atoms with Gasteiger partial charge in [-0.15, -0.1) is 11.3 Å². The van der Waals surface area contributed by atoms with Crippen molar-refractivity contribution in [1.29, 1.82) is 5.41 Å². The third-order valence-electron chi connectivity index (χ3n) is 1.61. The predicted octanol–water partition coefficient (Wildman–Crippen LogP) is 0.924. The van der Waals surface area contributed by atoms with Gasteiger partial charge in [0.15, 0.2) is 0 Å². The van der Waals surface area contributed by atoms with Crippen LogP contribution in [0.15, 0.2) is 0 Å². The zero-order valence-corrected chi connectivity index (χ0v) is 8.57. The average Bonchev–Trinajstić information content (AvgIpc) is 2.43. The number of rotatable bonds is 4. The highest BCUT2D eigenvalue weighted by molar-refractivity contribution is 7.13. The SMILES string of the molecule is COCCc1nc(C)c(C(=N)N)s1. The molecule has 0 saturated heterocycles. The summed E-state index contributed by atoms with van der Waals surface area (Å²) in [6.45, 7) is 2.52. The van der Waals surface area contributed by atoms with Gasteiger partial charge in [-0.2, -0.15) is 0 Å². The van der Waals surface area contributed by atoms with Crippen LogP contribution in [-0.4, -0.2) is 24.5 Å². The second-order valence-corrected chi connectivity index (χ2v) is 3.76. The smallest absolute Gasteiger partial charge is 0.135 e. The van der Waals surface area contributed by atoms with Gasteiger partial charge < -0.3 is 10.5 Å². The van der Waals surface area contributed by atoms with Gasteiger partial charge in [0.2, 0.25) is 0 Å². The van der Waals surface area contributed by atoms with Crippen LogP contribution in [0.1, 0.15) is 15.6 Å². The number of thiazole rings is 1. The number of aromatic nitrogens is 1. The van der Waals surface area contributed by atoms with E-state index in [1.807, 2.05) is 6.92 Å². The molecule has 72 valence electrons. The first-order valence-corrected chi connectivity index (χ1v) is 4.76. The molecule has 0 unspecified atom stereocenters. The van der Waals surface area contributed by atoms with Crippen molar-refractivity contribution in [2.24, 2.45) is 5.73 Å². The van der Waals surface area contributed by atoms with E-state index in [-0.39, 0.29) is 5.84 Å². The van der Waals surface area contributed by atoms with Gasteiger partial charge in [0.1, 0.15) is 5.84 Å². The second-order valence-electron chi connectivity index (χ2n) is 2.68. The van der Waals surface area contributed by atoms with Crippen LogP contribution in [0.25, 0.3) is 0 Å². The summed E-state index contributed by atoms with van der Waals surface area (Å²) in [5.74, 6) is 0.0960. The van der Waals surface area contributed by atoms with Gasteiger partial charge >= 0.3 is 0 Å². The van der Waals surface area contributed by atoms with E-state index in [0.717, 1.165) is 22.0 Å². The Bertz CT molecular complexity index is 308. The molecule has 0 aliphatic heterocycles. The second kappa shape index (κ2) is 4.34. The molecule has 0 atom stereocenters. The van der Waals surface area contributed by atoms with E-state index in [4.69, 9.17) is 15.9 Å². The Morgan fingerprint density at radius 2 is 2.38 bits per heavy atom. The Balaban J connectivity index is 2.76. The fourth-order valence-corrected chi connectivity index (χ4v) is 1.91. The zero-order chi connectivity index (χ0) is 9.84. The molecule has 1 aromatic heterocycles. The lowest BCUT2D eigenvalue weighted by Crippen LogP contribution is -2.10. The Labute approximate surface area is 81.3 Å². The van der Waals surface area contributed by atoms with E-state index in [9.17, 15) is 0 Å². The topological polar surface area (TPSA) is 72.0 Å². The van der Waals surface area contributed by atoms with Crippen molar-refractivity contribution in [2.75, 3.05) is 13.7 Å². The molecule has 13 heavy (non-hydrogen) atoms. The third-order valence-corrected chi connectivity index (χ3v) is 2.86. The summed E-state index contributed by atoms with van der Waals surface area (Å²) in [5.41, 5.74) is 6.22. The minimum Gasteiger partial charge on any atom is -0.384 e. The van der Waals surface area contributed by atoms with E-state index in [2.05, 4.69) is 4.98 Å². The molecule has 0 radical (unpaired) electrons. The number of hydrogen-bond donors (Lipinski definition) is 2. The first-order valence-electron chi connectivity index (χ1n) is 3.94. The summed E-state index contributed by atoms with van der Waals surface area (Å²) < 4.78 is 4.94. The number of aryl methyl sites for hydroxylation is 1. The van der Waals surface area contributed by atoms with Crippen molar-refractivity contribution >= 4 is 17.2 Å². The maximum Gasteiger partial charge on any atom is 0.135 e. The molecule has 1 heterocycles. The largest absolute Gasteiger partial charge is 0.384 e. The van der Waals surface area contributed by atoms with Gasteiger partial charge in [-0.3, -0.25) is 5.41 Å². The van der Waals surface area contributed by atoms with Crippen LogP contribution in [0.3, 0.4) is 0 Å². The highest BCUT2D eigenvalue weighted by Gasteiger charge is 2.08. The number of nitrogens with zero attached hydrogens (tertiary/aromatic N) is 1. The number of amidine groups is 1. The highest BCUT2D eigenvalue weighted by atomic mass is 32.1. The van der Waals surface area contributed by atoms with Crippen molar-refractivity contribution in [3.63, 3.8) is 0 Å². The van der Waals surface area contributed by atoms with Crippen LogP contribution >= 0.6 is 11.3 Å². The molecule has 1 aromatic rings. The van der Waals surface area contributed by atoms with E-state index >= 15 is 0 Å². The molecular weight excluding hydrogens is 186 g/mol. The fraction of sp³-hybridized carbons (Fsp3) is 0.500. The first-order chi connectivity index (χ1) is 6.15. The molecular formula is C8H13N3OS. The molecule has 4 nitrogen and oxygen atoms in total. The van der Waals surface area contributed by atoms with Crippen molar-refractivity contribution in [3.05, 3.63) is 15.6 Å². The molecule has 0 spiro atoms. The normalized spacial score (nSPS) is 10.3. The number of ether oxygens (including phenoxy) is 1. The van der Waals surface area contributed by atoms with Crippen molar-refractivity contribution in [3.8, 4) is 0 Å². The standard InChI is InChI=1S/C8H13N3OS/c1-5-7(8(9)10)13-6(11-5)3-4-12-2/h3-4H2,1-2H3,(H3,9,10). The van der Waals surface area contributed by atoms with Crippen LogP contribution in [0.2, 0.25) is 0 Å². The lowest BCUT2D eigenvalue weighted by molar-refractivity contribution is 0.202. The molecule has 0 amide bonds. The van der Waals surface area contributed by atoms with Crippen molar-refractivity contribution < 1.29 is 4.74 Å². The quantitative estimate of drug-likeness (QED) is 0.559. The number of nitrogens with two attached hydrogens (primary N) is 1. The number of nitrogens with one attached hydrogen (secondary N) is 1. The summed E-state index contributed by atoms with van der Waals surface area (Å²) in [6, 6.07) is 0. The van der Waals surface area contributed by atoms with E-state index in [1.165, 1.54) is 11.3 Å². The van der Waals surface area contributed by atoms with Gasteiger partial charge in [0, 0.05) is 13.5 Å². The summed E-state index contributed by atoms with van der Waals surface area (Å²) in [6.07, 6.45) is 0.787. The minimum absolute atomic E-state index is 0.0960. The monoisotopic (exact) mass is 199 g/mol. The molecule has 0 bridgehead atoms. The third kappa shape index (κ3) is 2.50. The fourth-order valence-electron chi connectivity index (χ4n) is 0.998. The van der Waals surface area contributed by atoms with Crippen LogP contribution in [0.5, 0.6) is 0 Å². The lowest BCUT2D eigenvalue weighted by Gasteiger charge is -1.92. The van der Waals surface area contributed by atoms with Crippen LogP contribution in [0.4, 0.5) is 0 Å². The molecule has 0 aromatic carbocycles. The molecule has 3 N–H and O–H groups in total. The maximum atomic E-state index is 7.28. The van der Waals surface area contributed by atoms with Crippen LogP contribution in [0, 0.1) is 12.3 Å². The predicted molar refractivity (Wildman–Crippen MR) is 53.4 cm³/mol. The molecule has 0 fully saturated rings. The Hall–Kier alpha value is -0.940. The van der Waals surface area contributed by atoms with E-state index in [1.54, 1.807) is 7.11 Å². The van der Waals surface area contributed by atoms with Gasteiger partial charge in [-0.1, -0.05) is 0 Å². The Morgan fingerprint density at radius 1 is 1.69 bits per heavy atom. The van der Waals surface area contributed by atoms with Gasteiger partial charge in [-0.25, -0.2) is 4.98 Å². The molecule has 0 saturated carbocycles. The number of methoxy groups -OCH3 is 1. The average molecular weight is 199 g/mol. The number of nitrogen functional groups attached to an aromatic ring is 1. The Kier molecular flexibility index (Phi) is 3.39. The zero-order valence-electron chi connectivity index (χ0n) is 7.76. The van der Waals surface area contributed by atoms with Gasteiger partial charge in [0.25, 0.3) is 0 Å². The summed E-state index contributed by atoms with van der Waals surface area (Å²) in [5, 5.41) is 8.26. The van der Waals surface area contributed by atoms with Crippen molar-refractivity contribution in [1.82, 2.24) is 4.98 Å². The Morgan fingerprint density at radius 3 is 2.85 bits per heavy atom.